The van der Waals surface area contributed by atoms with Crippen molar-refractivity contribution in [2.75, 3.05) is 18.5 Å². The summed E-state index contributed by atoms with van der Waals surface area (Å²) >= 11 is 0. The zero-order valence-corrected chi connectivity index (χ0v) is 14.9. The first-order chi connectivity index (χ1) is 12.0. The maximum absolute atomic E-state index is 11.3. The molecule has 2 heterocycles. The molecule has 1 N–H and O–H groups in total. The van der Waals surface area contributed by atoms with E-state index >= 15 is 0 Å². The molecule has 25 heavy (non-hydrogen) atoms. The standard InChI is InChI=1S/C18H24N4O3/c1-12-6-8-14(9-7-12)17-15(5-4-10-25-17)11-19-18-16(22(23)24)13(2)20-21(18)3/h6-9,15,17,19H,4-5,10-11H2,1-3H3. The van der Waals surface area contributed by atoms with Crippen LogP contribution in [0.25, 0.3) is 0 Å². The van der Waals surface area contributed by atoms with Crippen LogP contribution in [0.15, 0.2) is 24.3 Å². The lowest BCUT2D eigenvalue weighted by Crippen LogP contribution is -2.28. The highest BCUT2D eigenvalue weighted by molar-refractivity contribution is 5.59. The van der Waals surface area contributed by atoms with Crippen LogP contribution in [0, 0.1) is 29.9 Å². The Morgan fingerprint density at radius 2 is 2.08 bits per heavy atom. The number of benzene rings is 1. The predicted octanol–water partition coefficient (Wildman–Crippen LogP) is 3.52. The van der Waals surface area contributed by atoms with Crippen LogP contribution in [-0.2, 0) is 11.8 Å². The van der Waals surface area contributed by atoms with Crippen molar-refractivity contribution in [3.8, 4) is 0 Å². The number of aryl methyl sites for hydroxylation is 3. The predicted molar refractivity (Wildman–Crippen MR) is 95.7 cm³/mol. The first-order valence-electron chi connectivity index (χ1n) is 8.57. The SMILES string of the molecule is Cc1ccc(C2OCCCC2CNc2c([N+](=O)[O-])c(C)nn2C)cc1. The Balaban J connectivity index is 1.77. The van der Waals surface area contributed by atoms with Crippen LogP contribution in [0.5, 0.6) is 0 Å². The van der Waals surface area contributed by atoms with E-state index in [1.165, 1.54) is 10.2 Å². The summed E-state index contributed by atoms with van der Waals surface area (Å²) in [5.74, 6) is 0.710. The van der Waals surface area contributed by atoms with E-state index in [4.69, 9.17) is 4.74 Å². The Labute approximate surface area is 147 Å². The van der Waals surface area contributed by atoms with Crippen LogP contribution < -0.4 is 5.32 Å². The van der Waals surface area contributed by atoms with Crippen LogP contribution in [0.3, 0.4) is 0 Å². The normalized spacial score (nSPS) is 20.4. The molecule has 1 aliphatic rings. The summed E-state index contributed by atoms with van der Waals surface area (Å²) in [6.07, 6.45) is 2.03. The van der Waals surface area contributed by atoms with E-state index in [1.807, 2.05) is 0 Å². The first kappa shape index (κ1) is 17.4. The maximum Gasteiger partial charge on any atom is 0.333 e. The van der Waals surface area contributed by atoms with Crippen molar-refractivity contribution < 1.29 is 9.66 Å². The summed E-state index contributed by atoms with van der Waals surface area (Å²) in [5, 5.41) is 18.7. The Bertz CT molecular complexity index is 754. The summed E-state index contributed by atoms with van der Waals surface area (Å²) in [4.78, 5) is 10.9. The Morgan fingerprint density at radius 3 is 2.76 bits per heavy atom. The van der Waals surface area contributed by atoms with Crippen molar-refractivity contribution in [3.05, 3.63) is 51.2 Å². The fraction of sp³-hybridized carbons (Fsp3) is 0.500. The highest BCUT2D eigenvalue weighted by Gasteiger charge is 2.29. The zero-order valence-electron chi connectivity index (χ0n) is 14.9. The molecule has 134 valence electrons. The molecule has 1 aliphatic heterocycles. The van der Waals surface area contributed by atoms with Crippen molar-refractivity contribution in [1.29, 1.82) is 0 Å². The highest BCUT2D eigenvalue weighted by atomic mass is 16.6. The van der Waals surface area contributed by atoms with Gasteiger partial charge in [0.25, 0.3) is 0 Å². The summed E-state index contributed by atoms with van der Waals surface area (Å²) in [5.41, 5.74) is 2.85. The van der Waals surface area contributed by atoms with Crippen LogP contribution in [0.4, 0.5) is 11.5 Å². The fourth-order valence-electron chi connectivity index (χ4n) is 3.47. The monoisotopic (exact) mass is 344 g/mol. The van der Waals surface area contributed by atoms with Crippen molar-refractivity contribution in [1.82, 2.24) is 9.78 Å². The number of rotatable bonds is 5. The van der Waals surface area contributed by atoms with Gasteiger partial charge in [-0.25, -0.2) is 4.68 Å². The van der Waals surface area contributed by atoms with E-state index in [9.17, 15) is 10.1 Å². The minimum Gasteiger partial charge on any atom is -0.373 e. The fourth-order valence-corrected chi connectivity index (χ4v) is 3.47. The Hall–Kier alpha value is -2.41. The Kier molecular flexibility index (Phi) is 5.03. The van der Waals surface area contributed by atoms with E-state index in [2.05, 4.69) is 41.6 Å². The number of nitro groups is 1. The van der Waals surface area contributed by atoms with Crippen molar-refractivity contribution >= 4 is 11.5 Å². The molecule has 1 saturated heterocycles. The van der Waals surface area contributed by atoms with Crippen LogP contribution in [0.2, 0.25) is 0 Å². The van der Waals surface area contributed by atoms with Gasteiger partial charge in [-0.1, -0.05) is 29.8 Å². The topological polar surface area (TPSA) is 82.2 Å². The van der Waals surface area contributed by atoms with Gasteiger partial charge in [0.2, 0.25) is 5.82 Å². The van der Waals surface area contributed by atoms with Gasteiger partial charge in [-0.3, -0.25) is 10.1 Å². The van der Waals surface area contributed by atoms with Crippen molar-refractivity contribution in [2.24, 2.45) is 13.0 Å². The number of hydrogen-bond donors (Lipinski definition) is 1. The van der Waals surface area contributed by atoms with E-state index in [0.717, 1.165) is 25.0 Å². The molecule has 3 rings (SSSR count). The molecule has 2 aromatic rings. The number of anilines is 1. The largest absolute Gasteiger partial charge is 0.373 e. The molecule has 2 unspecified atom stereocenters. The van der Waals surface area contributed by atoms with Gasteiger partial charge < -0.3 is 10.1 Å². The average Bonchev–Trinajstić information content (AvgIpc) is 2.87. The van der Waals surface area contributed by atoms with Gasteiger partial charge in [0.1, 0.15) is 5.69 Å². The van der Waals surface area contributed by atoms with Gasteiger partial charge in [0.05, 0.1) is 11.0 Å². The van der Waals surface area contributed by atoms with E-state index in [1.54, 1.807) is 14.0 Å². The summed E-state index contributed by atoms with van der Waals surface area (Å²) in [6, 6.07) is 8.39. The highest BCUT2D eigenvalue weighted by Crippen LogP contribution is 2.35. The van der Waals surface area contributed by atoms with Gasteiger partial charge in [-0.15, -0.1) is 0 Å². The van der Waals surface area contributed by atoms with Gasteiger partial charge in [-0.2, -0.15) is 5.10 Å². The third kappa shape index (κ3) is 3.66. The molecular formula is C18H24N4O3. The Morgan fingerprint density at radius 1 is 1.36 bits per heavy atom. The molecule has 1 aromatic carbocycles. The lowest BCUT2D eigenvalue weighted by Gasteiger charge is -2.32. The van der Waals surface area contributed by atoms with Crippen molar-refractivity contribution in [2.45, 2.75) is 32.8 Å². The third-order valence-electron chi connectivity index (χ3n) is 4.76. The first-order valence-corrected chi connectivity index (χ1v) is 8.57. The summed E-state index contributed by atoms with van der Waals surface area (Å²) in [7, 11) is 1.72. The zero-order chi connectivity index (χ0) is 18.0. The molecule has 0 bridgehead atoms. The van der Waals surface area contributed by atoms with Gasteiger partial charge in [-0.05, 0) is 32.3 Å². The van der Waals surface area contributed by atoms with E-state index in [-0.39, 0.29) is 22.6 Å². The van der Waals surface area contributed by atoms with E-state index < -0.39 is 0 Å². The second-order valence-corrected chi connectivity index (χ2v) is 6.65. The van der Waals surface area contributed by atoms with Crippen LogP contribution in [0.1, 0.15) is 35.8 Å². The number of nitrogens with one attached hydrogen (secondary N) is 1. The quantitative estimate of drug-likeness (QED) is 0.663. The maximum atomic E-state index is 11.3. The number of aromatic nitrogens is 2. The minimum absolute atomic E-state index is 0.00947. The molecule has 0 spiro atoms. The molecule has 7 nitrogen and oxygen atoms in total. The average molecular weight is 344 g/mol. The lowest BCUT2D eigenvalue weighted by molar-refractivity contribution is -0.384. The second-order valence-electron chi connectivity index (χ2n) is 6.65. The number of ether oxygens (including phenoxy) is 1. The van der Waals surface area contributed by atoms with Crippen molar-refractivity contribution in [3.63, 3.8) is 0 Å². The lowest BCUT2D eigenvalue weighted by atomic mass is 9.89. The molecule has 0 aliphatic carbocycles. The molecule has 2 atom stereocenters. The summed E-state index contributed by atoms with van der Waals surface area (Å²) < 4.78 is 7.56. The molecule has 0 saturated carbocycles. The second kappa shape index (κ2) is 7.23. The molecule has 0 radical (unpaired) electrons. The smallest absolute Gasteiger partial charge is 0.333 e. The minimum atomic E-state index is -0.376. The molecule has 0 amide bonds. The molecule has 1 fully saturated rings. The summed E-state index contributed by atoms with van der Waals surface area (Å²) in [6.45, 7) is 5.08. The number of nitrogens with zero attached hydrogens (tertiary/aromatic N) is 3. The van der Waals surface area contributed by atoms with Crippen LogP contribution in [-0.4, -0.2) is 27.9 Å². The van der Waals surface area contributed by atoms with E-state index in [0.29, 0.717) is 18.1 Å². The van der Waals surface area contributed by atoms with Crippen LogP contribution >= 0.6 is 0 Å². The third-order valence-corrected chi connectivity index (χ3v) is 4.76. The number of hydrogen-bond acceptors (Lipinski definition) is 5. The molecule has 7 heteroatoms. The van der Waals surface area contributed by atoms with Gasteiger partial charge in [0.15, 0.2) is 0 Å². The molecular weight excluding hydrogens is 320 g/mol. The van der Waals surface area contributed by atoms with Gasteiger partial charge in [0, 0.05) is 26.1 Å². The molecule has 1 aromatic heterocycles. The van der Waals surface area contributed by atoms with Gasteiger partial charge >= 0.3 is 5.69 Å².